The molecule has 0 aliphatic heterocycles. The fourth-order valence-corrected chi connectivity index (χ4v) is 24.3. The topological polar surface area (TPSA) is 0 Å². The Morgan fingerprint density at radius 3 is 0.493 bits per heavy atom. The minimum Gasteiger partial charge on any atom is -0.0622 e. The number of fused-ring (bicyclic) bond motifs is 4. The quantitative estimate of drug-likeness (QED) is 0.0952. The molecule has 0 aliphatic rings. The lowest BCUT2D eigenvalue weighted by molar-refractivity contribution is 1.59. The van der Waals surface area contributed by atoms with Crippen molar-refractivity contribution in [2.45, 2.75) is 0 Å². The van der Waals surface area contributed by atoms with Gasteiger partial charge in [0.2, 0.25) is 0 Å². The van der Waals surface area contributed by atoms with Gasteiger partial charge in [0.25, 0.3) is 0 Å². The van der Waals surface area contributed by atoms with Gasteiger partial charge in [-0.25, -0.2) is 0 Å². The molecule has 30 aromatic rings. The molecule has 30 aromatic carbocycles. The highest BCUT2D eigenvalue weighted by Gasteiger charge is 2.29. The van der Waals surface area contributed by atoms with E-state index in [-0.39, 0.29) is 0 Å². The van der Waals surface area contributed by atoms with Crippen LogP contribution in [0, 0.1) is 0 Å². The molecule has 0 amide bonds. The maximum absolute atomic E-state index is 2.43. The highest BCUT2D eigenvalue weighted by Crippen LogP contribution is 2.56. The average Bonchev–Trinajstić information content (AvgIpc) is 0.630. The molecule has 0 saturated carbocycles. The zero-order valence-electron chi connectivity index (χ0n) is 81.3. The van der Waals surface area contributed by atoms with Gasteiger partial charge >= 0.3 is 0 Å². The predicted molar refractivity (Wildman–Crippen MR) is 637 cm³/mol. The van der Waals surface area contributed by atoms with Crippen LogP contribution < -0.4 is 0 Å². The second kappa shape index (κ2) is 36.6. The van der Waals surface area contributed by atoms with Gasteiger partial charge in [0.05, 0.1) is 0 Å². The van der Waals surface area contributed by atoms with E-state index in [4.69, 9.17) is 0 Å². The third-order valence-corrected chi connectivity index (χ3v) is 31.1. The molecule has 0 unspecified atom stereocenters. The van der Waals surface area contributed by atoms with E-state index in [1.807, 2.05) is 0 Å². The first-order valence-corrected chi connectivity index (χ1v) is 51.4. The first kappa shape index (κ1) is 86.6. The zero-order chi connectivity index (χ0) is 97.6. The maximum Gasteiger partial charge on any atom is -0.00139 e. The second-order valence-electron chi connectivity index (χ2n) is 39.2. The Hall–Kier alpha value is -19.2. The van der Waals surface area contributed by atoms with Crippen LogP contribution in [0.5, 0.6) is 0 Å². The van der Waals surface area contributed by atoms with Crippen molar-refractivity contribution in [3.8, 4) is 156 Å². The van der Waals surface area contributed by atoms with E-state index in [2.05, 4.69) is 570 Å². The van der Waals surface area contributed by atoms with Gasteiger partial charge in [0, 0.05) is 0 Å². The Balaban J connectivity index is 0.000000107. The number of hydrogen-bond donors (Lipinski definition) is 0. The third-order valence-electron chi connectivity index (χ3n) is 31.1. The van der Waals surface area contributed by atoms with E-state index in [9.17, 15) is 0 Å². The molecule has 148 heavy (non-hydrogen) atoms. The second-order valence-corrected chi connectivity index (χ2v) is 39.2. The average molecular weight is 1870 g/mol. The van der Waals surface area contributed by atoms with Gasteiger partial charge in [-0.1, -0.05) is 522 Å². The van der Waals surface area contributed by atoms with Crippen molar-refractivity contribution >= 4 is 140 Å². The van der Waals surface area contributed by atoms with Crippen LogP contribution in [0.15, 0.2) is 570 Å². The van der Waals surface area contributed by atoms with Gasteiger partial charge in [0.1, 0.15) is 0 Å². The summed E-state index contributed by atoms with van der Waals surface area (Å²) in [7, 11) is 0. The fraction of sp³-hybridized carbons (Fsp3) is 0. The summed E-state index contributed by atoms with van der Waals surface area (Å²) in [6, 6.07) is 210. The van der Waals surface area contributed by atoms with Crippen LogP contribution in [0.25, 0.3) is 296 Å². The largest absolute Gasteiger partial charge is 0.0622 e. The Morgan fingerprint density at radius 1 is 0.0676 bits per heavy atom. The molecule has 0 radical (unpaired) electrons. The monoisotopic (exact) mass is 1870 g/mol. The van der Waals surface area contributed by atoms with Crippen molar-refractivity contribution in [1.82, 2.24) is 0 Å². The van der Waals surface area contributed by atoms with E-state index >= 15 is 0 Å². The maximum atomic E-state index is 2.43. The third kappa shape index (κ3) is 14.9. The van der Waals surface area contributed by atoms with Crippen LogP contribution >= 0.6 is 0 Å². The highest BCUT2D eigenvalue weighted by atomic mass is 14.3. The van der Waals surface area contributed by atoms with Crippen LogP contribution in [0.1, 0.15) is 0 Å². The Bertz CT molecular complexity index is 9750. The van der Waals surface area contributed by atoms with E-state index < -0.39 is 0 Å². The van der Waals surface area contributed by atoms with Crippen molar-refractivity contribution in [1.29, 1.82) is 0 Å². The molecule has 686 valence electrons. The minimum atomic E-state index is 1.22. The Kier molecular flexibility index (Phi) is 21.4. The minimum absolute atomic E-state index is 1.22. The molecule has 0 saturated heterocycles. The van der Waals surface area contributed by atoms with Crippen molar-refractivity contribution in [3.63, 3.8) is 0 Å². The summed E-state index contributed by atoms with van der Waals surface area (Å²) in [5, 5.41) is 33.4. The summed E-state index contributed by atoms with van der Waals surface area (Å²) >= 11 is 0. The summed E-state index contributed by atoms with van der Waals surface area (Å²) in [6.07, 6.45) is 0. The standard InChI is InChI=1S/C52H34.2C48H30/c1-5-17-35(18-6-1)39-25-13-15-27-41(39)49-33-47(37-21-9-3-10-22-37)43-30-32-46-50(42-28-16-14-26-40(42)36-19-7-2-8-20-36)34-48(38-23-11-4-12-24-38)44-29-31-45(49)51(43)52(44)46;1-3-13-33(14-4-1)43-29-45(37-23-11-19-31-17-7-9-21-35(31)37)41-28-26-40-44(34-15-5-2-6-16-34)30-46(42-27-25-39(43)47(41)48(40)42)38-24-12-20-32-18-8-10-22-36(32)38;1-3-13-33(14-4-1)43-29-45(37-21-19-31-11-7-9-17-35(31)27-37)41-26-24-40-44(34-15-5-2-6-16-34)30-46(42-25-23-39(43)47(41)48(40)42)38-22-20-32-12-8-10-18-36(32)28-38/h1-34H;2*1-30H. The molecule has 0 nitrogen and oxygen atoms in total. The summed E-state index contributed by atoms with van der Waals surface area (Å²) in [5.74, 6) is 0. The number of benzene rings is 30. The summed E-state index contributed by atoms with van der Waals surface area (Å²) in [5.41, 5.74) is 34.8. The fourth-order valence-electron chi connectivity index (χ4n) is 24.3. The predicted octanol–water partition coefficient (Wildman–Crippen LogP) is 41.7. The van der Waals surface area contributed by atoms with Crippen LogP contribution in [0.3, 0.4) is 0 Å². The van der Waals surface area contributed by atoms with Gasteiger partial charge in [-0.2, -0.15) is 0 Å². The lowest BCUT2D eigenvalue weighted by Gasteiger charge is -2.23. The molecule has 0 aliphatic carbocycles. The molecule has 0 spiro atoms. The normalized spacial score (nSPS) is 11.6. The summed E-state index contributed by atoms with van der Waals surface area (Å²) in [4.78, 5) is 0. The molecule has 30 rings (SSSR count). The lowest BCUT2D eigenvalue weighted by atomic mass is 9.80. The van der Waals surface area contributed by atoms with Gasteiger partial charge in [-0.15, -0.1) is 0 Å². The molecule has 0 heteroatoms. The van der Waals surface area contributed by atoms with Gasteiger partial charge < -0.3 is 0 Å². The molecule has 0 atom stereocenters. The Labute approximate surface area is 859 Å². The van der Waals surface area contributed by atoms with Gasteiger partial charge in [0.15, 0.2) is 0 Å². The van der Waals surface area contributed by atoms with Gasteiger partial charge in [-0.05, 0) is 344 Å². The van der Waals surface area contributed by atoms with E-state index in [0.29, 0.717) is 0 Å². The van der Waals surface area contributed by atoms with Crippen LogP contribution in [-0.2, 0) is 0 Å². The smallest absolute Gasteiger partial charge is 0.00139 e. The summed E-state index contributed by atoms with van der Waals surface area (Å²) < 4.78 is 0. The van der Waals surface area contributed by atoms with Crippen molar-refractivity contribution in [2.75, 3.05) is 0 Å². The van der Waals surface area contributed by atoms with Crippen LogP contribution in [0.2, 0.25) is 0 Å². The lowest BCUT2D eigenvalue weighted by Crippen LogP contribution is -1.95. The number of rotatable bonds is 14. The molecule has 0 fully saturated rings. The van der Waals surface area contributed by atoms with Gasteiger partial charge in [-0.3, -0.25) is 0 Å². The van der Waals surface area contributed by atoms with Crippen molar-refractivity contribution in [3.05, 3.63) is 570 Å². The molecule has 0 heterocycles. The van der Waals surface area contributed by atoms with E-state index in [1.165, 1.54) is 296 Å². The summed E-state index contributed by atoms with van der Waals surface area (Å²) in [6.45, 7) is 0. The number of hydrogen-bond acceptors (Lipinski definition) is 0. The highest BCUT2D eigenvalue weighted by molar-refractivity contribution is 6.36. The Morgan fingerprint density at radius 2 is 0.236 bits per heavy atom. The molecule has 0 bridgehead atoms. The van der Waals surface area contributed by atoms with Crippen LogP contribution in [-0.4, -0.2) is 0 Å². The molecule has 0 aromatic heterocycles. The first-order valence-electron chi connectivity index (χ1n) is 51.4. The SMILES string of the molecule is c1ccc(-c2cc(-c3ccc4ccccc4c3)c3ccc4c(-c5ccccc5)cc(-c5ccc6ccccc6c5)c5ccc2c3c45)cc1.c1ccc(-c2cc(-c3cccc4ccccc34)c3ccc4c(-c5ccccc5)cc(-c5cccc6ccccc56)c5ccc2c3c45)cc1.c1ccc(-c2ccccc2-c2cc(-c3ccccc3)c3ccc4c(-c5ccccc5-c5ccccc5)cc(-c5ccccc5)c5ccc2c3c54)cc1. The van der Waals surface area contributed by atoms with E-state index in [0.717, 1.165) is 0 Å². The molecular formula is C148H94. The van der Waals surface area contributed by atoms with E-state index in [1.54, 1.807) is 0 Å². The molecular weight excluding hydrogens is 1780 g/mol. The van der Waals surface area contributed by atoms with Crippen molar-refractivity contribution < 1.29 is 0 Å². The van der Waals surface area contributed by atoms with Crippen molar-refractivity contribution in [2.24, 2.45) is 0 Å². The first-order chi connectivity index (χ1) is 73.5. The zero-order valence-corrected chi connectivity index (χ0v) is 81.3. The van der Waals surface area contributed by atoms with Crippen LogP contribution in [0.4, 0.5) is 0 Å². The molecule has 0 N–H and O–H groups in total.